The quantitative estimate of drug-likeness (QED) is 0.889. The van der Waals surface area contributed by atoms with Crippen molar-refractivity contribution in [2.24, 2.45) is 13.0 Å². The Balaban J connectivity index is 2.15. The normalized spacial score (nSPS) is 19.0. The Labute approximate surface area is 115 Å². The molecule has 0 aromatic carbocycles. The predicted molar refractivity (Wildman–Crippen MR) is 73.8 cm³/mol. The van der Waals surface area contributed by atoms with Crippen LogP contribution in [0.4, 0.5) is 5.69 Å². The summed E-state index contributed by atoms with van der Waals surface area (Å²) in [6.07, 6.45) is 3.35. The fourth-order valence-corrected chi connectivity index (χ4v) is 2.96. The monoisotopic (exact) mass is 315 g/mol. The van der Waals surface area contributed by atoms with Crippen LogP contribution in [0.1, 0.15) is 19.8 Å². The van der Waals surface area contributed by atoms with E-state index in [1.807, 2.05) is 6.92 Å². The number of hydrogen-bond acceptors (Lipinski definition) is 4. The molecular weight excluding hydrogens is 298 g/mol. The molecule has 1 aromatic rings. The summed E-state index contributed by atoms with van der Waals surface area (Å²) in [5, 5.41) is 13.6. The topological polar surface area (TPSA) is 58.4 Å². The molecule has 0 amide bonds. The fourth-order valence-electron chi connectivity index (χ4n) is 2.35. The lowest BCUT2D eigenvalue weighted by atomic mass is 9.92. The van der Waals surface area contributed by atoms with Gasteiger partial charge >= 0.3 is 0 Å². The van der Waals surface area contributed by atoms with Crippen LogP contribution >= 0.6 is 15.9 Å². The predicted octanol–water partition coefficient (Wildman–Crippen LogP) is 1.14. The van der Waals surface area contributed by atoms with E-state index in [0.717, 1.165) is 31.6 Å². The van der Waals surface area contributed by atoms with Gasteiger partial charge in [0.1, 0.15) is 4.47 Å². The van der Waals surface area contributed by atoms with Gasteiger partial charge in [-0.25, -0.2) is 4.68 Å². The van der Waals surface area contributed by atoms with Gasteiger partial charge in [0, 0.05) is 20.1 Å². The zero-order valence-electron chi connectivity index (χ0n) is 10.6. The van der Waals surface area contributed by atoms with Crippen LogP contribution in [0.25, 0.3) is 0 Å². The Morgan fingerprint density at radius 3 is 2.67 bits per heavy atom. The van der Waals surface area contributed by atoms with Crippen LogP contribution in [0.15, 0.2) is 15.5 Å². The van der Waals surface area contributed by atoms with E-state index in [1.54, 1.807) is 13.2 Å². The van der Waals surface area contributed by atoms with Gasteiger partial charge < -0.3 is 10.0 Å². The summed E-state index contributed by atoms with van der Waals surface area (Å²) in [6.45, 7) is 3.54. The lowest BCUT2D eigenvalue weighted by Gasteiger charge is -2.34. The molecule has 1 aliphatic heterocycles. The van der Waals surface area contributed by atoms with Gasteiger partial charge in [0.2, 0.25) is 0 Å². The number of hydrogen-bond donors (Lipinski definition) is 1. The van der Waals surface area contributed by atoms with Gasteiger partial charge in [0.15, 0.2) is 0 Å². The summed E-state index contributed by atoms with van der Waals surface area (Å²) in [5.74, 6) is 0.361. The van der Waals surface area contributed by atoms with Gasteiger partial charge in [-0.05, 0) is 41.6 Å². The Bertz CT molecular complexity index is 479. The number of rotatable bonds is 2. The molecule has 1 aliphatic rings. The van der Waals surface area contributed by atoms with Crippen molar-refractivity contribution in [3.8, 4) is 0 Å². The molecule has 100 valence electrons. The van der Waals surface area contributed by atoms with Gasteiger partial charge in [0.25, 0.3) is 5.56 Å². The van der Waals surface area contributed by atoms with Crippen molar-refractivity contribution in [3.63, 3.8) is 0 Å². The molecule has 0 radical (unpaired) electrons. The van der Waals surface area contributed by atoms with E-state index >= 15 is 0 Å². The SMILES string of the molecule is CC(O)C1CCN(c2cnn(C)c(=O)c2Br)CC1. The van der Waals surface area contributed by atoms with Crippen molar-refractivity contribution in [2.45, 2.75) is 25.9 Å². The first-order valence-corrected chi connectivity index (χ1v) is 6.95. The minimum atomic E-state index is -0.252. The second kappa shape index (κ2) is 5.40. The van der Waals surface area contributed by atoms with Crippen molar-refractivity contribution in [3.05, 3.63) is 21.0 Å². The van der Waals surface area contributed by atoms with E-state index < -0.39 is 0 Å². The standard InChI is InChI=1S/C12H18BrN3O2/c1-8(17)9-3-5-16(6-4-9)10-7-14-15(2)12(18)11(10)13/h7-9,17H,3-6H2,1-2H3. The molecule has 0 bridgehead atoms. The molecule has 1 atom stereocenters. The summed E-state index contributed by atoms with van der Waals surface area (Å²) in [4.78, 5) is 13.9. The maximum Gasteiger partial charge on any atom is 0.282 e. The minimum absolute atomic E-state index is 0.120. The molecule has 18 heavy (non-hydrogen) atoms. The number of anilines is 1. The highest BCUT2D eigenvalue weighted by atomic mass is 79.9. The van der Waals surface area contributed by atoms with Crippen molar-refractivity contribution in [1.82, 2.24) is 9.78 Å². The molecule has 1 fully saturated rings. The highest BCUT2D eigenvalue weighted by Gasteiger charge is 2.24. The Morgan fingerprint density at radius 1 is 1.50 bits per heavy atom. The molecule has 6 heteroatoms. The summed E-state index contributed by atoms with van der Waals surface area (Å²) in [5.41, 5.74) is 0.729. The molecule has 2 rings (SSSR count). The molecule has 0 saturated carbocycles. The average Bonchev–Trinajstić information content (AvgIpc) is 2.36. The van der Waals surface area contributed by atoms with Crippen molar-refractivity contribution in [1.29, 1.82) is 0 Å². The summed E-state index contributed by atoms with van der Waals surface area (Å²) < 4.78 is 1.88. The average molecular weight is 316 g/mol. The molecule has 1 N–H and O–H groups in total. The first kappa shape index (κ1) is 13.5. The second-order valence-electron chi connectivity index (χ2n) is 4.84. The summed E-state index contributed by atoms with van der Waals surface area (Å²) in [7, 11) is 1.64. The number of aliphatic hydroxyl groups excluding tert-OH is 1. The van der Waals surface area contributed by atoms with E-state index in [4.69, 9.17) is 0 Å². The maximum absolute atomic E-state index is 11.8. The van der Waals surface area contributed by atoms with E-state index in [0.29, 0.717) is 10.4 Å². The van der Waals surface area contributed by atoms with Crippen LogP contribution in [-0.2, 0) is 7.05 Å². The lowest BCUT2D eigenvalue weighted by molar-refractivity contribution is 0.110. The number of aryl methyl sites for hydroxylation is 1. The molecular formula is C12H18BrN3O2. The third kappa shape index (κ3) is 2.59. The van der Waals surface area contributed by atoms with Crippen LogP contribution in [0.3, 0.4) is 0 Å². The number of halogens is 1. The molecule has 2 heterocycles. The highest BCUT2D eigenvalue weighted by molar-refractivity contribution is 9.10. The third-order valence-corrected chi connectivity index (χ3v) is 4.37. The van der Waals surface area contributed by atoms with Crippen LogP contribution in [0.2, 0.25) is 0 Å². The smallest absolute Gasteiger partial charge is 0.282 e. The molecule has 5 nitrogen and oxygen atoms in total. The van der Waals surface area contributed by atoms with Gasteiger partial charge in [-0.1, -0.05) is 0 Å². The van der Waals surface area contributed by atoms with E-state index in [9.17, 15) is 9.90 Å². The molecule has 1 unspecified atom stereocenters. The zero-order chi connectivity index (χ0) is 13.3. The van der Waals surface area contributed by atoms with E-state index in [-0.39, 0.29) is 11.7 Å². The summed E-state index contributed by atoms with van der Waals surface area (Å²) in [6, 6.07) is 0. The van der Waals surface area contributed by atoms with Gasteiger partial charge in [-0.3, -0.25) is 4.79 Å². The fraction of sp³-hybridized carbons (Fsp3) is 0.667. The lowest BCUT2D eigenvalue weighted by Crippen LogP contribution is -2.38. The molecule has 1 saturated heterocycles. The van der Waals surface area contributed by atoms with E-state index in [1.165, 1.54) is 4.68 Å². The number of aromatic nitrogens is 2. The van der Waals surface area contributed by atoms with Gasteiger partial charge in [-0.15, -0.1) is 0 Å². The molecule has 0 spiro atoms. The largest absolute Gasteiger partial charge is 0.393 e. The van der Waals surface area contributed by atoms with Crippen LogP contribution < -0.4 is 10.5 Å². The van der Waals surface area contributed by atoms with Gasteiger partial charge in [0.05, 0.1) is 18.0 Å². The number of nitrogens with zero attached hydrogens (tertiary/aromatic N) is 3. The zero-order valence-corrected chi connectivity index (χ0v) is 12.2. The second-order valence-corrected chi connectivity index (χ2v) is 5.63. The summed E-state index contributed by atoms with van der Waals surface area (Å²) >= 11 is 3.35. The number of aliphatic hydroxyl groups is 1. The molecule has 0 aliphatic carbocycles. The van der Waals surface area contributed by atoms with E-state index in [2.05, 4.69) is 25.9 Å². The van der Waals surface area contributed by atoms with Crippen LogP contribution in [0.5, 0.6) is 0 Å². The van der Waals surface area contributed by atoms with Crippen LogP contribution in [-0.4, -0.2) is 34.1 Å². The van der Waals surface area contributed by atoms with Crippen molar-refractivity contribution >= 4 is 21.6 Å². The third-order valence-electron chi connectivity index (χ3n) is 3.62. The van der Waals surface area contributed by atoms with Crippen LogP contribution in [0, 0.1) is 5.92 Å². The van der Waals surface area contributed by atoms with Crippen molar-refractivity contribution < 1.29 is 5.11 Å². The van der Waals surface area contributed by atoms with Crippen molar-refractivity contribution in [2.75, 3.05) is 18.0 Å². The Morgan fingerprint density at radius 2 is 2.11 bits per heavy atom. The first-order valence-electron chi connectivity index (χ1n) is 6.15. The minimum Gasteiger partial charge on any atom is -0.393 e. The first-order chi connectivity index (χ1) is 8.50. The Kier molecular flexibility index (Phi) is 4.07. The molecule has 1 aromatic heterocycles. The maximum atomic E-state index is 11.8. The Hall–Kier alpha value is -0.880. The number of piperidine rings is 1. The van der Waals surface area contributed by atoms with Gasteiger partial charge in [-0.2, -0.15) is 5.10 Å². The highest BCUT2D eigenvalue weighted by Crippen LogP contribution is 2.28.